The monoisotopic (exact) mass is 372 g/mol. The number of hydrogen-bond acceptors (Lipinski definition) is 3. The van der Waals surface area contributed by atoms with E-state index in [2.05, 4.69) is 15.9 Å². The molecular formula is C14H14BrFN2O2S. The van der Waals surface area contributed by atoms with Crippen molar-refractivity contribution in [1.29, 1.82) is 0 Å². The predicted octanol–water partition coefficient (Wildman–Crippen LogP) is 2.99. The van der Waals surface area contributed by atoms with Crippen molar-refractivity contribution in [3.8, 4) is 0 Å². The Hall–Kier alpha value is -1.44. The quantitative estimate of drug-likeness (QED) is 0.839. The van der Waals surface area contributed by atoms with Crippen LogP contribution >= 0.6 is 15.9 Å². The third-order valence-electron chi connectivity index (χ3n) is 2.96. The summed E-state index contributed by atoms with van der Waals surface area (Å²) in [5, 5.41) is 0. The van der Waals surface area contributed by atoms with Crippen LogP contribution < -0.4 is 5.73 Å². The summed E-state index contributed by atoms with van der Waals surface area (Å²) >= 11 is 3.22. The molecule has 2 rings (SSSR count). The maximum absolute atomic E-state index is 12.9. The molecule has 2 aromatic carbocycles. The highest BCUT2D eigenvalue weighted by Gasteiger charge is 2.23. The molecule has 4 nitrogen and oxygen atoms in total. The van der Waals surface area contributed by atoms with Crippen LogP contribution in [-0.2, 0) is 16.6 Å². The molecular weight excluding hydrogens is 359 g/mol. The van der Waals surface area contributed by atoms with Gasteiger partial charge in [-0.3, -0.25) is 0 Å². The van der Waals surface area contributed by atoms with Crippen molar-refractivity contribution < 1.29 is 12.8 Å². The molecule has 0 fully saturated rings. The smallest absolute Gasteiger partial charge is 0.244 e. The van der Waals surface area contributed by atoms with E-state index in [0.29, 0.717) is 15.7 Å². The molecule has 0 aliphatic heterocycles. The lowest BCUT2D eigenvalue weighted by Gasteiger charge is -2.18. The van der Waals surface area contributed by atoms with Crippen LogP contribution in [0.15, 0.2) is 51.8 Å². The summed E-state index contributed by atoms with van der Waals surface area (Å²) in [5.74, 6) is -0.358. The number of nitrogens with zero attached hydrogens (tertiary/aromatic N) is 1. The van der Waals surface area contributed by atoms with Crippen molar-refractivity contribution in [2.45, 2.75) is 11.4 Å². The highest BCUT2D eigenvalue weighted by molar-refractivity contribution is 9.10. The van der Waals surface area contributed by atoms with Crippen molar-refractivity contribution in [1.82, 2.24) is 4.31 Å². The number of hydrogen-bond donors (Lipinski definition) is 1. The van der Waals surface area contributed by atoms with Gasteiger partial charge in [0.2, 0.25) is 10.0 Å². The Labute approximate surface area is 131 Å². The largest absolute Gasteiger partial charge is 0.399 e. The van der Waals surface area contributed by atoms with Gasteiger partial charge >= 0.3 is 0 Å². The number of nitrogen functional groups attached to an aromatic ring is 1. The highest BCUT2D eigenvalue weighted by Crippen LogP contribution is 2.27. The molecule has 0 amide bonds. The Morgan fingerprint density at radius 1 is 1.19 bits per heavy atom. The van der Waals surface area contributed by atoms with Crippen LogP contribution in [0.2, 0.25) is 0 Å². The lowest BCUT2D eigenvalue weighted by atomic mass is 10.2. The topological polar surface area (TPSA) is 63.4 Å². The number of nitrogens with two attached hydrogens (primary N) is 1. The van der Waals surface area contributed by atoms with Gasteiger partial charge in [0.25, 0.3) is 0 Å². The highest BCUT2D eigenvalue weighted by atomic mass is 79.9. The minimum absolute atomic E-state index is 0.104. The predicted molar refractivity (Wildman–Crippen MR) is 83.6 cm³/mol. The van der Waals surface area contributed by atoms with Crippen LogP contribution in [0.1, 0.15) is 5.56 Å². The maximum atomic E-state index is 12.9. The van der Waals surface area contributed by atoms with Gasteiger partial charge in [-0.15, -0.1) is 0 Å². The second-order valence-electron chi connectivity index (χ2n) is 4.58. The van der Waals surface area contributed by atoms with Crippen LogP contribution in [0.5, 0.6) is 0 Å². The van der Waals surface area contributed by atoms with Gasteiger partial charge in [-0.1, -0.05) is 12.1 Å². The van der Waals surface area contributed by atoms with E-state index in [1.165, 1.54) is 29.6 Å². The number of halogens is 2. The zero-order chi connectivity index (χ0) is 15.6. The zero-order valence-corrected chi connectivity index (χ0v) is 13.7. The zero-order valence-electron chi connectivity index (χ0n) is 11.3. The summed E-state index contributed by atoms with van der Waals surface area (Å²) in [6.07, 6.45) is 0. The molecule has 112 valence electrons. The fourth-order valence-electron chi connectivity index (χ4n) is 1.82. The van der Waals surface area contributed by atoms with E-state index in [0.717, 1.165) is 0 Å². The summed E-state index contributed by atoms with van der Waals surface area (Å²) in [6.45, 7) is 0.143. The molecule has 0 aliphatic carbocycles. The third-order valence-corrected chi connectivity index (χ3v) is 5.76. The van der Waals surface area contributed by atoms with Crippen molar-refractivity contribution in [2.75, 3.05) is 12.8 Å². The van der Waals surface area contributed by atoms with Crippen LogP contribution in [0, 0.1) is 5.82 Å². The second-order valence-corrected chi connectivity index (χ2v) is 7.45. The standard InChI is InChI=1S/C14H14BrFN2O2S/c1-18(9-10-2-4-11(16)5-3-10)21(19,20)14-8-12(17)6-7-13(14)15/h2-8H,9,17H2,1H3. The molecule has 21 heavy (non-hydrogen) atoms. The maximum Gasteiger partial charge on any atom is 0.244 e. The SMILES string of the molecule is CN(Cc1ccc(F)cc1)S(=O)(=O)c1cc(N)ccc1Br. The minimum atomic E-state index is -3.69. The number of benzene rings is 2. The van der Waals surface area contributed by atoms with Gasteiger partial charge in [-0.25, -0.2) is 12.8 Å². The lowest BCUT2D eigenvalue weighted by Crippen LogP contribution is -2.26. The van der Waals surface area contributed by atoms with E-state index < -0.39 is 10.0 Å². The molecule has 0 radical (unpaired) electrons. The Morgan fingerprint density at radius 3 is 2.43 bits per heavy atom. The van der Waals surface area contributed by atoms with Gasteiger partial charge in [0.15, 0.2) is 0 Å². The summed E-state index contributed by atoms with van der Waals surface area (Å²) < 4.78 is 39.6. The molecule has 2 N–H and O–H groups in total. The van der Waals surface area contributed by atoms with Crippen molar-refractivity contribution in [3.63, 3.8) is 0 Å². The first-order chi connectivity index (χ1) is 9.80. The normalized spacial score (nSPS) is 11.8. The average molecular weight is 373 g/mol. The van der Waals surface area contributed by atoms with E-state index in [1.807, 2.05) is 0 Å². The summed E-state index contributed by atoms with van der Waals surface area (Å²) in [5.41, 5.74) is 6.71. The average Bonchev–Trinajstić information content (AvgIpc) is 2.43. The van der Waals surface area contributed by atoms with Crippen LogP contribution in [0.3, 0.4) is 0 Å². The van der Waals surface area contributed by atoms with Gasteiger partial charge in [-0.2, -0.15) is 4.31 Å². The van der Waals surface area contributed by atoms with Gasteiger partial charge in [0.1, 0.15) is 5.82 Å². The first-order valence-corrected chi connectivity index (χ1v) is 8.30. The third kappa shape index (κ3) is 3.61. The molecule has 0 aliphatic rings. The minimum Gasteiger partial charge on any atom is -0.399 e. The number of anilines is 1. The first-order valence-electron chi connectivity index (χ1n) is 6.06. The van der Waals surface area contributed by atoms with Crippen molar-refractivity contribution in [2.24, 2.45) is 0 Å². The Kier molecular flexibility index (Phi) is 4.65. The van der Waals surface area contributed by atoms with Gasteiger partial charge in [0.05, 0.1) is 4.90 Å². The molecule has 0 saturated heterocycles. The Balaban J connectivity index is 2.30. The van der Waals surface area contributed by atoms with E-state index in [4.69, 9.17) is 5.73 Å². The van der Waals surface area contributed by atoms with Crippen molar-refractivity contribution >= 4 is 31.6 Å². The fourth-order valence-corrected chi connectivity index (χ4v) is 3.93. The van der Waals surface area contributed by atoms with Gasteiger partial charge in [-0.05, 0) is 51.8 Å². The first kappa shape index (κ1) is 15.9. The molecule has 0 saturated carbocycles. The summed E-state index contributed by atoms with van der Waals surface area (Å²) in [6, 6.07) is 10.3. The molecule has 7 heteroatoms. The summed E-state index contributed by atoms with van der Waals surface area (Å²) in [7, 11) is -2.22. The summed E-state index contributed by atoms with van der Waals surface area (Å²) in [4.78, 5) is 0.104. The molecule has 0 bridgehead atoms. The fraction of sp³-hybridized carbons (Fsp3) is 0.143. The van der Waals surface area contributed by atoms with E-state index in [9.17, 15) is 12.8 Å². The molecule has 0 spiro atoms. The number of sulfonamides is 1. The van der Waals surface area contributed by atoms with E-state index in [1.54, 1.807) is 24.3 Å². The van der Waals surface area contributed by atoms with Crippen molar-refractivity contribution in [3.05, 3.63) is 58.3 Å². The lowest BCUT2D eigenvalue weighted by molar-refractivity contribution is 0.466. The Morgan fingerprint density at radius 2 is 1.81 bits per heavy atom. The van der Waals surface area contributed by atoms with Crippen LogP contribution in [-0.4, -0.2) is 19.8 Å². The van der Waals surface area contributed by atoms with Crippen LogP contribution in [0.25, 0.3) is 0 Å². The molecule has 2 aromatic rings. The molecule has 0 atom stereocenters. The second kappa shape index (κ2) is 6.13. The van der Waals surface area contributed by atoms with Gasteiger partial charge in [0, 0.05) is 23.8 Å². The van der Waals surface area contributed by atoms with Crippen LogP contribution in [0.4, 0.5) is 10.1 Å². The molecule has 0 heterocycles. The van der Waals surface area contributed by atoms with Gasteiger partial charge < -0.3 is 5.73 Å². The van der Waals surface area contributed by atoms with E-state index >= 15 is 0 Å². The molecule has 0 unspecified atom stereocenters. The molecule has 0 aromatic heterocycles. The number of rotatable bonds is 4. The van der Waals surface area contributed by atoms with E-state index in [-0.39, 0.29) is 17.3 Å². The Bertz CT molecular complexity index is 748.